The Hall–Kier alpha value is -2.05. The predicted molar refractivity (Wildman–Crippen MR) is 41.2 cm³/mol. The molecule has 0 atom stereocenters. The minimum absolute atomic E-state index is 0.157. The van der Waals surface area contributed by atoms with Crippen LogP contribution in [0.25, 0.3) is 0 Å². The number of carbonyl (C=O) groups is 2. The number of nitrogen functional groups attached to an aromatic ring is 1. The Bertz CT molecular complexity index is 357. The normalized spacial score (nSPS) is 9.85. The molecule has 0 saturated carbocycles. The van der Waals surface area contributed by atoms with Crippen molar-refractivity contribution in [3.05, 3.63) is 11.8 Å². The number of carboxylic acid groups (broad SMARTS) is 2. The van der Waals surface area contributed by atoms with Crippen LogP contribution in [0.2, 0.25) is 0 Å². The van der Waals surface area contributed by atoms with E-state index in [1.165, 1.54) is 0 Å². The van der Waals surface area contributed by atoms with E-state index in [1.54, 1.807) is 0 Å². The van der Waals surface area contributed by atoms with Crippen LogP contribution in [-0.2, 0) is 11.3 Å². The van der Waals surface area contributed by atoms with Gasteiger partial charge < -0.3 is 15.9 Å². The van der Waals surface area contributed by atoms with Crippen LogP contribution in [0.15, 0.2) is 6.20 Å². The Balaban J connectivity index is 2.99. The van der Waals surface area contributed by atoms with Crippen molar-refractivity contribution in [1.82, 2.24) is 9.78 Å². The van der Waals surface area contributed by atoms with Crippen molar-refractivity contribution in [2.24, 2.45) is 0 Å². The molecule has 1 aromatic rings. The van der Waals surface area contributed by atoms with Gasteiger partial charge in [-0.1, -0.05) is 0 Å². The molecule has 0 fully saturated rings. The van der Waals surface area contributed by atoms with Crippen molar-refractivity contribution in [3.63, 3.8) is 0 Å². The molecule has 0 aliphatic heterocycles. The number of aromatic carboxylic acids is 1. The predicted octanol–water partition coefficient (Wildman–Crippen LogP) is -0.752. The topological polar surface area (TPSA) is 118 Å². The quantitative estimate of drug-likeness (QED) is 0.570. The highest BCUT2D eigenvalue weighted by atomic mass is 16.4. The Kier molecular flexibility index (Phi) is 2.18. The zero-order valence-electron chi connectivity index (χ0n) is 6.47. The van der Waals surface area contributed by atoms with Crippen LogP contribution in [0.1, 0.15) is 10.4 Å². The van der Waals surface area contributed by atoms with Gasteiger partial charge in [0.1, 0.15) is 17.9 Å². The van der Waals surface area contributed by atoms with Crippen molar-refractivity contribution in [2.75, 3.05) is 5.73 Å². The Labute approximate surface area is 72.4 Å². The van der Waals surface area contributed by atoms with Gasteiger partial charge in [0.25, 0.3) is 0 Å². The summed E-state index contributed by atoms with van der Waals surface area (Å²) in [5.41, 5.74) is 5.12. The van der Waals surface area contributed by atoms with Gasteiger partial charge in [0.15, 0.2) is 0 Å². The lowest BCUT2D eigenvalue weighted by Gasteiger charge is -1.98. The Morgan fingerprint density at radius 2 is 2.15 bits per heavy atom. The molecule has 13 heavy (non-hydrogen) atoms. The van der Waals surface area contributed by atoms with Gasteiger partial charge >= 0.3 is 11.9 Å². The Morgan fingerprint density at radius 3 is 2.54 bits per heavy atom. The van der Waals surface area contributed by atoms with Gasteiger partial charge in [0, 0.05) is 0 Å². The lowest BCUT2D eigenvalue weighted by molar-refractivity contribution is -0.137. The first-order chi connectivity index (χ1) is 6.02. The fourth-order valence-electron chi connectivity index (χ4n) is 0.814. The third-order valence-electron chi connectivity index (χ3n) is 1.40. The van der Waals surface area contributed by atoms with Crippen LogP contribution in [0.4, 0.5) is 5.82 Å². The van der Waals surface area contributed by atoms with Crippen molar-refractivity contribution in [1.29, 1.82) is 0 Å². The van der Waals surface area contributed by atoms with E-state index in [1.807, 2.05) is 0 Å². The summed E-state index contributed by atoms with van der Waals surface area (Å²) in [4.78, 5) is 20.7. The summed E-state index contributed by atoms with van der Waals surface area (Å²) in [7, 11) is 0. The molecular weight excluding hydrogens is 178 g/mol. The summed E-state index contributed by atoms with van der Waals surface area (Å²) in [6, 6.07) is 0. The lowest BCUT2D eigenvalue weighted by Crippen LogP contribution is -2.13. The molecule has 0 aliphatic rings. The zero-order valence-corrected chi connectivity index (χ0v) is 6.47. The monoisotopic (exact) mass is 185 g/mol. The smallest absolute Gasteiger partial charge is 0.341 e. The van der Waals surface area contributed by atoms with Crippen LogP contribution in [0.3, 0.4) is 0 Å². The van der Waals surface area contributed by atoms with E-state index in [0.717, 1.165) is 10.9 Å². The first-order valence-electron chi connectivity index (χ1n) is 3.28. The SMILES string of the molecule is Nc1c(C(=O)O)cnn1CC(=O)O. The van der Waals surface area contributed by atoms with Gasteiger partial charge in [-0.15, -0.1) is 0 Å². The first kappa shape index (κ1) is 9.04. The van der Waals surface area contributed by atoms with Crippen LogP contribution >= 0.6 is 0 Å². The minimum Gasteiger partial charge on any atom is -0.480 e. The number of aliphatic carboxylic acids is 1. The Morgan fingerprint density at radius 1 is 1.54 bits per heavy atom. The van der Waals surface area contributed by atoms with E-state index < -0.39 is 18.5 Å². The molecule has 1 rings (SSSR count). The summed E-state index contributed by atoms with van der Waals surface area (Å²) in [5.74, 6) is -2.52. The standard InChI is InChI=1S/C6H7N3O4/c7-5-3(6(12)13)1-8-9(5)2-4(10)11/h1H,2,7H2,(H,10,11)(H,12,13). The molecule has 0 amide bonds. The molecule has 0 bridgehead atoms. The number of aromatic nitrogens is 2. The molecule has 7 heteroatoms. The average Bonchev–Trinajstić information content (AvgIpc) is 2.32. The number of carboxylic acids is 2. The van der Waals surface area contributed by atoms with Crippen LogP contribution < -0.4 is 5.73 Å². The number of hydrogen-bond acceptors (Lipinski definition) is 4. The number of hydrogen-bond donors (Lipinski definition) is 3. The van der Waals surface area contributed by atoms with Gasteiger partial charge in [0.2, 0.25) is 0 Å². The lowest BCUT2D eigenvalue weighted by atomic mass is 10.3. The summed E-state index contributed by atoms with van der Waals surface area (Å²) in [6.45, 7) is -0.445. The molecule has 70 valence electrons. The second-order valence-corrected chi connectivity index (χ2v) is 2.30. The van der Waals surface area contributed by atoms with Crippen LogP contribution in [-0.4, -0.2) is 31.9 Å². The number of nitrogens with zero attached hydrogens (tertiary/aromatic N) is 2. The second-order valence-electron chi connectivity index (χ2n) is 2.30. The number of nitrogens with two attached hydrogens (primary N) is 1. The van der Waals surface area contributed by atoms with Crippen molar-refractivity contribution < 1.29 is 19.8 Å². The van der Waals surface area contributed by atoms with Gasteiger partial charge in [0.05, 0.1) is 6.20 Å². The summed E-state index contributed by atoms with van der Waals surface area (Å²) < 4.78 is 0.909. The van der Waals surface area contributed by atoms with Gasteiger partial charge in [-0.05, 0) is 0 Å². The maximum absolute atomic E-state index is 10.4. The molecule has 0 unspecified atom stereocenters. The highest BCUT2D eigenvalue weighted by Crippen LogP contribution is 2.09. The van der Waals surface area contributed by atoms with E-state index in [-0.39, 0.29) is 11.4 Å². The van der Waals surface area contributed by atoms with Crippen molar-refractivity contribution in [2.45, 2.75) is 6.54 Å². The fourth-order valence-corrected chi connectivity index (χ4v) is 0.814. The zero-order chi connectivity index (χ0) is 10.0. The van der Waals surface area contributed by atoms with Crippen molar-refractivity contribution >= 4 is 17.8 Å². The summed E-state index contributed by atoms with van der Waals surface area (Å²) >= 11 is 0. The van der Waals surface area contributed by atoms with Crippen LogP contribution in [0.5, 0.6) is 0 Å². The molecule has 1 aromatic heterocycles. The molecule has 0 spiro atoms. The molecule has 4 N–H and O–H groups in total. The molecular formula is C6H7N3O4. The maximum atomic E-state index is 10.4. The van der Waals surface area contributed by atoms with Crippen LogP contribution in [0, 0.1) is 0 Å². The van der Waals surface area contributed by atoms with E-state index in [2.05, 4.69) is 5.10 Å². The molecule has 7 nitrogen and oxygen atoms in total. The molecule has 0 aliphatic carbocycles. The highest BCUT2D eigenvalue weighted by Gasteiger charge is 2.14. The van der Waals surface area contributed by atoms with Gasteiger partial charge in [-0.25, -0.2) is 9.48 Å². The van der Waals surface area contributed by atoms with Gasteiger partial charge in [-0.2, -0.15) is 5.10 Å². The van der Waals surface area contributed by atoms with E-state index in [9.17, 15) is 9.59 Å². The molecule has 0 aromatic carbocycles. The number of anilines is 1. The summed E-state index contributed by atoms with van der Waals surface area (Å²) in [6.07, 6.45) is 1.01. The number of rotatable bonds is 3. The van der Waals surface area contributed by atoms with E-state index in [4.69, 9.17) is 15.9 Å². The third-order valence-corrected chi connectivity index (χ3v) is 1.40. The van der Waals surface area contributed by atoms with Gasteiger partial charge in [-0.3, -0.25) is 4.79 Å². The van der Waals surface area contributed by atoms with E-state index >= 15 is 0 Å². The highest BCUT2D eigenvalue weighted by molar-refractivity contribution is 5.92. The fraction of sp³-hybridized carbons (Fsp3) is 0.167. The van der Waals surface area contributed by atoms with Crippen molar-refractivity contribution in [3.8, 4) is 0 Å². The summed E-state index contributed by atoms with van der Waals surface area (Å²) in [5, 5.41) is 20.4. The minimum atomic E-state index is -1.23. The molecule has 0 saturated heterocycles. The van der Waals surface area contributed by atoms with E-state index in [0.29, 0.717) is 0 Å². The third kappa shape index (κ3) is 1.75. The average molecular weight is 185 g/mol. The maximum Gasteiger partial charge on any atom is 0.341 e. The second kappa shape index (κ2) is 3.13. The molecule has 0 radical (unpaired) electrons. The first-order valence-corrected chi connectivity index (χ1v) is 3.28. The largest absolute Gasteiger partial charge is 0.480 e. The molecule has 1 heterocycles.